The number of amides is 1. The van der Waals surface area contributed by atoms with Crippen LogP contribution in [0.5, 0.6) is 0 Å². The molecule has 2 aromatic heterocycles. The van der Waals surface area contributed by atoms with Gasteiger partial charge in [-0.25, -0.2) is 0 Å². The summed E-state index contributed by atoms with van der Waals surface area (Å²) in [5, 5.41) is 9.71. The molecule has 2 N–H and O–H groups in total. The molecule has 0 unspecified atom stereocenters. The van der Waals surface area contributed by atoms with Crippen LogP contribution >= 0.6 is 11.3 Å². The molecule has 1 aliphatic rings. The van der Waals surface area contributed by atoms with E-state index in [4.69, 9.17) is 11.0 Å². The first kappa shape index (κ1) is 14.5. The Morgan fingerprint density at radius 2 is 2.41 bits per heavy atom. The molecular formula is C16H16N4OS. The van der Waals surface area contributed by atoms with Crippen molar-refractivity contribution in [1.82, 2.24) is 9.88 Å². The first-order valence-corrected chi connectivity index (χ1v) is 7.97. The zero-order valence-electron chi connectivity index (χ0n) is 12.1. The predicted octanol–water partition coefficient (Wildman–Crippen LogP) is 2.11. The van der Waals surface area contributed by atoms with E-state index in [0.717, 1.165) is 16.0 Å². The summed E-state index contributed by atoms with van der Waals surface area (Å²) in [5.41, 5.74) is 8.57. The summed E-state index contributed by atoms with van der Waals surface area (Å²) in [6.07, 6.45) is 5.41. The average molecular weight is 312 g/mol. The molecule has 0 spiro atoms. The summed E-state index contributed by atoms with van der Waals surface area (Å²) in [6.45, 7) is 1.22. The number of nitrogens with zero attached hydrogens (tertiary/aromatic N) is 3. The van der Waals surface area contributed by atoms with Gasteiger partial charge in [0.1, 0.15) is 11.1 Å². The van der Waals surface area contributed by atoms with Gasteiger partial charge in [0.05, 0.1) is 12.1 Å². The van der Waals surface area contributed by atoms with Crippen LogP contribution in [-0.2, 0) is 24.2 Å². The van der Waals surface area contributed by atoms with Crippen LogP contribution in [0.1, 0.15) is 28.0 Å². The number of anilines is 1. The van der Waals surface area contributed by atoms with Crippen molar-refractivity contribution in [3.63, 3.8) is 0 Å². The Morgan fingerprint density at radius 1 is 1.55 bits per heavy atom. The molecular weight excluding hydrogens is 296 g/mol. The lowest BCUT2D eigenvalue weighted by atomic mass is 10.0. The molecule has 6 heteroatoms. The molecule has 5 nitrogen and oxygen atoms in total. The van der Waals surface area contributed by atoms with Crippen LogP contribution in [0.25, 0.3) is 0 Å². The molecule has 22 heavy (non-hydrogen) atoms. The number of rotatable bonds is 3. The van der Waals surface area contributed by atoms with Gasteiger partial charge in [0, 0.05) is 30.2 Å². The number of nitriles is 1. The molecule has 0 saturated heterocycles. The molecule has 1 amide bonds. The van der Waals surface area contributed by atoms with Gasteiger partial charge >= 0.3 is 0 Å². The first-order chi connectivity index (χ1) is 10.7. The molecule has 0 fully saturated rings. The lowest BCUT2D eigenvalue weighted by molar-refractivity contribution is -0.132. The third-order valence-corrected chi connectivity index (χ3v) is 4.94. The fourth-order valence-electron chi connectivity index (χ4n) is 2.72. The highest BCUT2D eigenvalue weighted by Crippen LogP contribution is 2.34. The van der Waals surface area contributed by atoms with Crippen LogP contribution in [0.2, 0.25) is 0 Å². The number of nitrogens with two attached hydrogens (primary N) is 1. The van der Waals surface area contributed by atoms with E-state index in [9.17, 15) is 4.79 Å². The molecule has 3 rings (SSSR count). The van der Waals surface area contributed by atoms with E-state index in [1.54, 1.807) is 12.4 Å². The molecule has 3 heterocycles. The topological polar surface area (TPSA) is 83.0 Å². The number of hydrogen-bond acceptors (Lipinski definition) is 5. The fraction of sp³-hybridized carbons (Fsp3) is 0.312. The van der Waals surface area contributed by atoms with E-state index in [-0.39, 0.29) is 5.91 Å². The first-order valence-electron chi connectivity index (χ1n) is 7.16. The molecule has 0 radical (unpaired) electrons. The maximum absolute atomic E-state index is 12.4. The van der Waals surface area contributed by atoms with Gasteiger partial charge in [0.25, 0.3) is 0 Å². The number of hydrogen-bond donors (Lipinski definition) is 1. The van der Waals surface area contributed by atoms with E-state index in [0.29, 0.717) is 42.9 Å². The number of aryl methyl sites for hydroxylation is 1. The number of fused-ring (bicyclic) bond motifs is 1. The average Bonchev–Trinajstić information content (AvgIpc) is 2.87. The number of carbonyl (C=O) groups is 1. The van der Waals surface area contributed by atoms with Crippen molar-refractivity contribution < 1.29 is 4.79 Å². The maximum Gasteiger partial charge on any atom is 0.223 e. The van der Waals surface area contributed by atoms with Crippen LogP contribution in [-0.4, -0.2) is 22.3 Å². The predicted molar refractivity (Wildman–Crippen MR) is 85.1 cm³/mol. The van der Waals surface area contributed by atoms with Crippen LogP contribution in [0.15, 0.2) is 24.5 Å². The van der Waals surface area contributed by atoms with Crippen LogP contribution < -0.4 is 5.73 Å². The highest BCUT2D eigenvalue weighted by Gasteiger charge is 2.25. The van der Waals surface area contributed by atoms with E-state index in [2.05, 4.69) is 11.1 Å². The smallest absolute Gasteiger partial charge is 0.223 e. The summed E-state index contributed by atoms with van der Waals surface area (Å²) < 4.78 is 0. The monoisotopic (exact) mass is 312 g/mol. The Balaban J connectivity index is 1.64. The zero-order valence-corrected chi connectivity index (χ0v) is 12.9. The number of thiophene rings is 1. The molecule has 2 aromatic rings. The SMILES string of the molecule is N#Cc1c(N)sc2c1CCN(C(=O)CCc1cccnc1)C2. The Kier molecular flexibility index (Phi) is 4.07. The van der Waals surface area contributed by atoms with Crippen molar-refractivity contribution in [2.24, 2.45) is 0 Å². The van der Waals surface area contributed by atoms with Gasteiger partial charge < -0.3 is 10.6 Å². The molecule has 0 aliphatic carbocycles. The molecule has 112 valence electrons. The lowest BCUT2D eigenvalue weighted by Gasteiger charge is -2.27. The Hall–Kier alpha value is -2.39. The minimum absolute atomic E-state index is 0.139. The lowest BCUT2D eigenvalue weighted by Crippen LogP contribution is -2.35. The van der Waals surface area contributed by atoms with Gasteiger partial charge in [-0.1, -0.05) is 6.07 Å². The maximum atomic E-state index is 12.4. The second-order valence-corrected chi connectivity index (χ2v) is 6.42. The van der Waals surface area contributed by atoms with Gasteiger partial charge in [-0.2, -0.15) is 5.26 Å². The third kappa shape index (κ3) is 2.81. The van der Waals surface area contributed by atoms with E-state index >= 15 is 0 Å². The van der Waals surface area contributed by atoms with Crippen molar-refractivity contribution in [2.45, 2.75) is 25.8 Å². The van der Waals surface area contributed by atoms with Crippen LogP contribution in [0.4, 0.5) is 5.00 Å². The molecule has 0 saturated carbocycles. The van der Waals surface area contributed by atoms with E-state index in [1.807, 2.05) is 17.0 Å². The Labute approximate surface area is 133 Å². The Bertz CT molecular complexity index is 733. The number of nitrogen functional groups attached to an aromatic ring is 1. The van der Waals surface area contributed by atoms with Gasteiger partial charge in [-0.3, -0.25) is 9.78 Å². The van der Waals surface area contributed by atoms with Crippen LogP contribution in [0, 0.1) is 11.3 Å². The van der Waals surface area contributed by atoms with Crippen molar-refractivity contribution in [2.75, 3.05) is 12.3 Å². The number of pyridine rings is 1. The highest BCUT2D eigenvalue weighted by molar-refractivity contribution is 7.16. The van der Waals surface area contributed by atoms with Crippen molar-refractivity contribution in [3.8, 4) is 6.07 Å². The van der Waals surface area contributed by atoms with E-state index < -0.39 is 0 Å². The van der Waals surface area contributed by atoms with Crippen molar-refractivity contribution in [1.29, 1.82) is 5.26 Å². The van der Waals surface area contributed by atoms with Crippen molar-refractivity contribution in [3.05, 3.63) is 46.1 Å². The number of carbonyl (C=O) groups excluding carboxylic acids is 1. The second kappa shape index (κ2) is 6.16. The van der Waals surface area contributed by atoms with Gasteiger partial charge in [-0.05, 0) is 30.0 Å². The quantitative estimate of drug-likeness (QED) is 0.941. The molecule has 0 atom stereocenters. The standard InChI is InChI=1S/C16H16N4OS/c17-8-13-12-5-7-20(10-14(12)22-16(13)18)15(21)4-3-11-2-1-6-19-9-11/h1-2,6,9H,3-5,7,10,18H2. The zero-order chi connectivity index (χ0) is 15.5. The summed E-state index contributed by atoms with van der Waals surface area (Å²) in [4.78, 5) is 19.3. The molecule has 1 aliphatic heterocycles. The minimum atomic E-state index is 0.139. The van der Waals surface area contributed by atoms with Gasteiger partial charge in [0.15, 0.2) is 0 Å². The summed E-state index contributed by atoms with van der Waals surface area (Å²) in [7, 11) is 0. The summed E-state index contributed by atoms with van der Waals surface area (Å²) in [5.74, 6) is 0.139. The fourth-order valence-corrected chi connectivity index (χ4v) is 3.80. The minimum Gasteiger partial charge on any atom is -0.389 e. The summed E-state index contributed by atoms with van der Waals surface area (Å²) >= 11 is 1.43. The number of aromatic nitrogens is 1. The van der Waals surface area contributed by atoms with Crippen LogP contribution in [0.3, 0.4) is 0 Å². The highest BCUT2D eigenvalue weighted by atomic mass is 32.1. The molecule has 0 aromatic carbocycles. The van der Waals surface area contributed by atoms with Gasteiger partial charge in [-0.15, -0.1) is 11.3 Å². The normalized spacial score (nSPS) is 13.5. The third-order valence-electron chi connectivity index (χ3n) is 3.90. The largest absolute Gasteiger partial charge is 0.389 e. The Morgan fingerprint density at radius 3 is 3.14 bits per heavy atom. The molecule has 0 bridgehead atoms. The summed E-state index contributed by atoms with van der Waals surface area (Å²) in [6, 6.07) is 6.03. The van der Waals surface area contributed by atoms with Crippen molar-refractivity contribution >= 4 is 22.2 Å². The van der Waals surface area contributed by atoms with E-state index in [1.165, 1.54) is 11.3 Å². The second-order valence-electron chi connectivity index (χ2n) is 5.28. The van der Waals surface area contributed by atoms with Gasteiger partial charge in [0.2, 0.25) is 5.91 Å².